The maximum atomic E-state index is 12.8. The van der Waals surface area contributed by atoms with Gasteiger partial charge in [-0.15, -0.1) is 0 Å². The molecule has 2 aromatic carbocycles. The number of rotatable bonds is 3. The summed E-state index contributed by atoms with van der Waals surface area (Å²) >= 11 is 0. The first-order valence-corrected chi connectivity index (χ1v) is 8.91. The van der Waals surface area contributed by atoms with Gasteiger partial charge in [0.1, 0.15) is 11.7 Å². The third-order valence-corrected chi connectivity index (χ3v) is 4.92. The molecule has 0 bridgehead atoms. The minimum atomic E-state index is -4.39. The number of fused-ring (bicyclic) bond motifs is 1. The number of alkyl halides is 3. The zero-order valence-corrected chi connectivity index (χ0v) is 15.7. The first kappa shape index (κ1) is 18.9. The molecule has 0 aliphatic rings. The summed E-state index contributed by atoms with van der Waals surface area (Å²) in [6, 6.07) is 10.6. The molecule has 8 heteroatoms. The molecule has 148 valence electrons. The van der Waals surface area contributed by atoms with Crippen molar-refractivity contribution >= 4 is 11.0 Å². The van der Waals surface area contributed by atoms with E-state index in [1.54, 1.807) is 4.68 Å². The van der Waals surface area contributed by atoms with Crippen molar-refractivity contribution in [1.29, 1.82) is 0 Å². The molecule has 5 nitrogen and oxygen atoms in total. The molecular weight excluding hydrogens is 381 g/mol. The summed E-state index contributed by atoms with van der Waals surface area (Å²) in [4.78, 5) is 17.2. The Balaban J connectivity index is 1.68. The summed E-state index contributed by atoms with van der Waals surface area (Å²) < 4.78 is 41.1. The van der Waals surface area contributed by atoms with E-state index in [0.29, 0.717) is 16.6 Å². The SMILES string of the molecule is Cc1ccc(-n2ncc3c(=O)n(Cc4ccc(C(F)(F)F)cc4)cnc32)cc1C. The van der Waals surface area contributed by atoms with Crippen molar-refractivity contribution < 1.29 is 13.2 Å². The molecule has 0 N–H and O–H groups in total. The van der Waals surface area contributed by atoms with Gasteiger partial charge in [0, 0.05) is 0 Å². The van der Waals surface area contributed by atoms with Crippen LogP contribution in [0.15, 0.2) is 59.8 Å². The topological polar surface area (TPSA) is 52.7 Å². The van der Waals surface area contributed by atoms with Gasteiger partial charge in [0.2, 0.25) is 0 Å². The highest BCUT2D eigenvalue weighted by Gasteiger charge is 2.29. The van der Waals surface area contributed by atoms with Gasteiger partial charge in [-0.05, 0) is 54.8 Å². The van der Waals surface area contributed by atoms with Gasteiger partial charge in [-0.1, -0.05) is 18.2 Å². The Hall–Kier alpha value is -3.42. The molecule has 29 heavy (non-hydrogen) atoms. The minimum Gasteiger partial charge on any atom is -0.294 e. The number of nitrogens with zero attached hydrogens (tertiary/aromatic N) is 4. The highest BCUT2D eigenvalue weighted by atomic mass is 19.4. The van der Waals surface area contributed by atoms with E-state index in [1.165, 1.54) is 29.2 Å². The van der Waals surface area contributed by atoms with Crippen LogP contribution >= 0.6 is 0 Å². The van der Waals surface area contributed by atoms with Crippen molar-refractivity contribution in [2.45, 2.75) is 26.6 Å². The molecule has 0 amide bonds. The molecule has 0 unspecified atom stereocenters. The number of hydrogen-bond donors (Lipinski definition) is 0. The van der Waals surface area contributed by atoms with E-state index < -0.39 is 11.7 Å². The van der Waals surface area contributed by atoms with Crippen LogP contribution in [0.3, 0.4) is 0 Å². The van der Waals surface area contributed by atoms with Crippen molar-refractivity contribution in [3.8, 4) is 5.69 Å². The summed E-state index contributed by atoms with van der Waals surface area (Å²) in [6.07, 6.45) is -1.54. The van der Waals surface area contributed by atoms with E-state index in [2.05, 4.69) is 10.1 Å². The largest absolute Gasteiger partial charge is 0.416 e. The minimum absolute atomic E-state index is 0.120. The lowest BCUT2D eigenvalue weighted by Gasteiger charge is -2.09. The second-order valence-corrected chi connectivity index (χ2v) is 6.93. The van der Waals surface area contributed by atoms with Crippen LogP contribution in [0.5, 0.6) is 0 Å². The van der Waals surface area contributed by atoms with Gasteiger partial charge in [0.15, 0.2) is 5.65 Å². The lowest BCUT2D eigenvalue weighted by molar-refractivity contribution is -0.137. The van der Waals surface area contributed by atoms with Gasteiger partial charge < -0.3 is 0 Å². The average molecular weight is 398 g/mol. The Morgan fingerprint density at radius 3 is 2.38 bits per heavy atom. The quantitative estimate of drug-likeness (QED) is 0.518. The Labute approximate surface area is 164 Å². The van der Waals surface area contributed by atoms with Crippen LogP contribution in [-0.4, -0.2) is 19.3 Å². The Bertz CT molecular complexity index is 1250. The van der Waals surface area contributed by atoms with Gasteiger partial charge >= 0.3 is 6.18 Å². The van der Waals surface area contributed by atoms with E-state index >= 15 is 0 Å². The second-order valence-electron chi connectivity index (χ2n) is 6.93. The third kappa shape index (κ3) is 3.53. The molecule has 0 radical (unpaired) electrons. The van der Waals surface area contributed by atoms with Crippen LogP contribution in [0.4, 0.5) is 13.2 Å². The molecule has 0 spiro atoms. The van der Waals surface area contributed by atoms with E-state index in [1.807, 2.05) is 32.0 Å². The van der Waals surface area contributed by atoms with Crippen LogP contribution < -0.4 is 5.56 Å². The van der Waals surface area contributed by atoms with Crippen LogP contribution in [0.25, 0.3) is 16.7 Å². The first-order chi connectivity index (χ1) is 13.7. The van der Waals surface area contributed by atoms with Crippen LogP contribution in [0.2, 0.25) is 0 Å². The average Bonchev–Trinajstić information content (AvgIpc) is 3.11. The van der Waals surface area contributed by atoms with E-state index in [0.717, 1.165) is 28.9 Å². The van der Waals surface area contributed by atoms with Gasteiger partial charge in [-0.25, -0.2) is 9.67 Å². The predicted molar refractivity (Wildman–Crippen MR) is 103 cm³/mol. The molecule has 4 aromatic rings. The van der Waals surface area contributed by atoms with Crippen LogP contribution in [0.1, 0.15) is 22.3 Å². The fourth-order valence-corrected chi connectivity index (χ4v) is 3.10. The van der Waals surface area contributed by atoms with E-state index in [-0.39, 0.29) is 12.1 Å². The summed E-state index contributed by atoms with van der Waals surface area (Å²) in [5.41, 5.74) is 3.03. The van der Waals surface area contributed by atoms with Crippen LogP contribution in [0, 0.1) is 13.8 Å². The Morgan fingerprint density at radius 1 is 1.00 bits per heavy atom. The molecule has 0 atom stereocenters. The number of aryl methyl sites for hydroxylation is 2. The van der Waals surface area contributed by atoms with E-state index in [9.17, 15) is 18.0 Å². The van der Waals surface area contributed by atoms with Gasteiger partial charge in [0.25, 0.3) is 5.56 Å². The van der Waals surface area contributed by atoms with Crippen LogP contribution in [-0.2, 0) is 12.7 Å². The molecule has 0 aliphatic carbocycles. The Morgan fingerprint density at radius 2 is 1.72 bits per heavy atom. The molecule has 0 saturated heterocycles. The predicted octanol–water partition coefficient (Wildman–Crippen LogP) is 4.27. The summed E-state index contributed by atoms with van der Waals surface area (Å²) in [7, 11) is 0. The number of hydrogen-bond acceptors (Lipinski definition) is 3. The maximum Gasteiger partial charge on any atom is 0.416 e. The van der Waals surface area contributed by atoms with Crippen molar-refractivity contribution in [2.24, 2.45) is 0 Å². The van der Waals surface area contributed by atoms with E-state index in [4.69, 9.17) is 0 Å². The fourth-order valence-electron chi connectivity index (χ4n) is 3.10. The number of benzene rings is 2. The smallest absolute Gasteiger partial charge is 0.294 e. The molecule has 4 rings (SSSR count). The van der Waals surface area contributed by atoms with Gasteiger partial charge in [-0.3, -0.25) is 9.36 Å². The van der Waals surface area contributed by atoms with Crippen molar-refractivity contribution in [1.82, 2.24) is 19.3 Å². The first-order valence-electron chi connectivity index (χ1n) is 8.91. The van der Waals surface area contributed by atoms with Gasteiger partial charge in [0.05, 0.1) is 24.0 Å². The molecule has 2 aromatic heterocycles. The Kier molecular flexibility index (Phi) is 4.49. The molecule has 0 saturated carbocycles. The second kappa shape index (κ2) is 6.88. The highest BCUT2D eigenvalue weighted by Crippen LogP contribution is 2.29. The standard InChI is InChI=1S/C21H17F3N4O/c1-13-3-8-17(9-14(13)2)28-19-18(10-26-28)20(29)27(12-25-19)11-15-4-6-16(7-5-15)21(22,23)24/h3-10,12H,11H2,1-2H3. The summed E-state index contributed by atoms with van der Waals surface area (Å²) in [5, 5.41) is 4.64. The summed E-state index contributed by atoms with van der Waals surface area (Å²) in [6.45, 7) is 4.13. The third-order valence-electron chi connectivity index (χ3n) is 4.92. The fraction of sp³-hybridized carbons (Fsp3) is 0.190. The lowest BCUT2D eigenvalue weighted by atomic mass is 10.1. The molecule has 0 aliphatic heterocycles. The molecular formula is C21H17F3N4O. The van der Waals surface area contributed by atoms with Crippen molar-refractivity contribution in [2.75, 3.05) is 0 Å². The monoisotopic (exact) mass is 398 g/mol. The van der Waals surface area contributed by atoms with Crippen molar-refractivity contribution in [3.63, 3.8) is 0 Å². The maximum absolute atomic E-state index is 12.8. The highest BCUT2D eigenvalue weighted by molar-refractivity contribution is 5.75. The lowest BCUT2D eigenvalue weighted by Crippen LogP contribution is -2.21. The molecule has 0 fully saturated rings. The van der Waals surface area contributed by atoms with Crippen molar-refractivity contribution in [3.05, 3.63) is 87.6 Å². The zero-order chi connectivity index (χ0) is 20.8. The zero-order valence-electron chi connectivity index (χ0n) is 15.7. The van der Waals surface area contributed by atoms with Gasteiger partial charge in [-0.2, -0.15) is 18.3 Å². The normalized spacial score (nSPS) is 11.9. The molecule has 2 heterocycles. The summed E-state index contributed by atoms with van der Waals surface area (Å²) in [5.74, 6) is 0. The number of halogens is 3. The number of aromatic nitrogens is 4.